The van der Waals surface area contributed by atoms with Crippen LogP contribution in [0.2, 0.25) is 0 Å². The third-order valence-electron chi connectivity index (χ3n) is 7.26. The molecule has 0 aliphatic carbocycles. The Hall–Kier alpha value is -4.74. The fraction of sp³-hybridized carbons (Fsp3) is 0.226. The number of nitrogens with one attached hydrogen (secondary N) is 3. The fourth-order valence-corrected chi connectivity index (χ4v) is 6.29. The summed E-state index contributed by atoms with van der Waals surface area (Å²) in [7, 11) is 1.82. The average molecular weight is 583 g/mol. The first-order valence-corrected chi connectivity index (χ1v) is 14.5. The zero-order chi connectivity index (χ0) is 29.2. The van der Waals surface area contributed by atoms with Crippen LogP contribution in [0.15, 0.2) is 72.9 Å². The number of para-hydroxylation sites is 1. The maximum atomic E-state index is 13.5. The molecule has 11 heteroatoms. The molecule has 2 aliphatic heterocycles. The highest BCUT2D eigenvalue weighted by Crippen LogP contribution is 2.46. The van der Waals surface area contributed by atoms with Gasteiger partial charge in [0.2, 0.25) is 5.91 Å². The molecule has 10 nitrogen and oxygen atoms in total. The minimum atomic E-state index is -0.367. The molecule has 0 spiro atoms. The summed E-state index contributed by atoms with van der Waals surface area (Å²) in [6, 6.07) is 16.3. The summed E-state index contributed by atoms with van der Waals surface area (Å²) in [5.41, 5.74) is 2.66. The first-order chi connectivity index (χ1) is 20.4. The third-order valence-corrected chi connectivity index (χ3v) is 8.35. The van der Waals surface area contributed by atoms with Crippen molar-refractivity contribution >= 4 is 56.5 Å². The molecule has 214 valence electrons. The molecule has 1 unspecified atom stereocenters. The second-order valence-corrected chi connectivity index (χ2v) is 11.1. The van der Waals surface area contributed by atoms with Crippen molar-refractivity contribution < 1.29 is 19.1 Å². The van der Waals surface area contributed by atoms with Crippen LogP contribution < -0.4 is 25.6 Å². The van der Waals surface area contributed by atoms with Crippen LogP contribution in [0, 0.1) is 6.92 Å². The Morgan fingerprint density at radius 2 is 1.98 bits per heavy atom. The molecule has 0 saturated carbocycles. The summed E-state index contributed by atoms with van der Waals surface area (Å²) in [6.45, 7) is 3.54. The number of hydrogen-bond donors (Lipinski definition) is 3. The molecule has 6 rings (SSSR count). The number of aromatic nitrogens is 1. The first-order valence-electron chi connectivity index (χ1n) is 13.7. The minimum absolute atomic E-state index is 0.0740. The van der Waals surface area contributed by atoms with Crippen LogP contribution in [-0.4, -0.2) is 60.5 Å². The van der Waals surface area contributed by atoms with E-state index in [9.17, 15) is 14.4 Å². The number of thiophene rings is 1. The van der Waals surface area contributed by atoms with Gasteiger partial charge in [0.25, 0.3) is 5.91 Å². The van der Waals surface area contributed by atoms with Gasteiger partial charge in [0, 0.05) is 37.9 Å². The summed E-state index contributed by atoms with van der Waals surface area (Å²) in [5.74, 6) is 1.02. The molecule has 3 N–H and O–H groups in total. The van der Waals surface area contributed by atoms with Gasteiger partial charge in [-0.05, 0) is 62.4 Å². The summed E-state index contributed by atoms with van der Waals surface area (Å²) in [5, 5.41) is 9.69. The number of pyridine rings is 1. The number of benzene rings is 2. The quantitative estimate of drug-likeness (QED) is 0.247. The van der Waals surface area contributed by atoms with Crippen molar-refractivity contribution in [3.8, 4) is 11.5 Å². The molecule has 1 saturated heterocycles. The number of carbonyl (C=O) groups is 3. The number of amides is 4. The van der Waals surface area contributed by atoms with Gasteiger partial charge in [-0.15, -0.1) is 11.3 Å². The van der Waals surface area contributed by atoms with E-state index >= 15 is 0 Å². The maximum absolute atomic E-state index is 13.5. The number of likely N-dealkylation sites (N-methyl/N-ethyl adjacent to an activating group) is 1. The van der Waals surface area contributed by atoms with Crippen molar-refractivity contribution in [2.24, 2.45) is 0 Å². The van der Waals surface area contributed by atoms with Crippen LogP contribution >= 0.6 is 11.3 Å². The molecule has 42 heavy (non-hydrogen) atoms. The van der Waals surface area contributed by atoms with Crippen molar-refractivity contribution in [2.75, 3.05) is 36.9 Å². The number of likely N-dealkylation sites (tertiary alicyclic amines) is 1. The number of carbonyl (C=O) groups excluding carboxylic acids is 3. The molecular formula is C31H30N6O4S. The Morgan fingerprint density at radius 1 is 1.14 bits per heavy atom. The molecule has 2 aliphatic rings. The molecule has 4 heterocycles. The van der Waals surface area contributed by atoms with Crippen molar-refractivity contribution in [3.05, 3.63) is 83.4 Å². The van der Waals surface area contributed by atoms with Gasteiger partial charge in [0.05, 0.1) is 22.4 Å². The van der Waals surface area contributed by atoms with Crippen molar-refractivity contribution in [1.82, 2.24) is 20.5 Å². The lowest BCUT2D eigenvalue weighted by molar-refractivity contribution is -0.125. The van der Waals surface area contributed by atoms with Crippen molar-refractivity contribution in [1.29, 1.82) is 0 Å². The smallest absolute Gasteiger partial charge is 0.331 e. The second-order valence-electron chi connectivity index (χ2n) is 10.1. The van der Waals surface area contributed by atoms with Gasteiger partial charge in [-0.3, -0.25) is 14.5 Å². The van der Waals surface area contributed by atoms with E-state index in [1.165, 1.54) is 11.3 Å². The molecule has 1 atom stereocenters. The third kappa shape index (κ3) is 5.31. The first kappa shape index (κ1) is 27.4. The number of aryl methyl sites for hydroxylation is 1. The molecular weight excluding hydrogens is 552 g/mol. The highest BCUT2D eigenvalue weighted by molar-refractivity contribution is 7.21. The van der Waals surface area contributed by atoms with E-state index in [2.05, 4.69) is 20.9 Å². The molecule has 0 bridgehead atoms. The predicted molar refractivity (Wildman–Crippen MR) is 164 cm³/mol. The fourth-order valence-electron chi connectivity index (χ4n) is 5.26. The van der Waals surface area contributed by atoms with Gasteiger partial charge in [0.1, 0.15) is 21.2 Å². The van der Waals surface area contributed by atoms with E-state index in [0.717, 1.165) is 11.3 Å². The van der Waals surface area contributed by atoms with Crippen LogP contribution in [0.1, 0.15) is 21.7 Å². The number of urea groups is 1. The van der Waals surface area contributed by atoms with Crippen LogP contribution in [-0.2, 0) is 4.79 Å². The maximum Gasteiger partial charge on any atom is 0.331 e. The van der Waals surface area contributed by atoms with E-state index in [-0.39, 0.29) is 23.9 Å². The largest absolute Gasteiger partial charge is 0.457 e. The average Bonchev–Trinajstić information content (AvgIpc) is 3.60. The normalized spacial score (nSPS) is 16.2. The van der Waals surface area contributed by atoms with Gasteiger partial charge in [-0.2, -0.15) is 0 Å². The van der Waals surface area contributed by atoms with Crippen molar-refractivity contribution in [3.63, 3.8) is 0 Å². The Labute approximate surface area is 247 Å². The lowest BCUT2D eigenvalue weighted by Gasteiger charge is -2.29. The standard InChI is InChI=1S/C31H30N6O4S/c1-19-17-22(41-21-7-4-3-5-8-21)10-11-23(19)37-24-12-15-33-30-26(24)27(35-31(37)40)28(42-30)29(39)34-20-13-16-36(18-20)25(38)9-6-14-32-2/h3-12,15,17,20,32H,13-14,16,18H2,1-2H3,(H,34,39)(H,35,40). The number of rotatable bonds is 8. The molecule has 4 aromatic rings. The Kier molecular flexibility index (Phi) is 7.60. The molecule has 2 aromatic heterocycles. The van der Waals surface area contributed by atoms with Gasteiger partial charge in [-0.25, -0.2) is 9.78 Å². The van der Waals surface area contributed by atoms with Gasteiger partial charge >= 0.3 is 6.03 Å². The molecule has 1 fully saturated rings. The number of ether oxygens (including phenoxy) is 1. The van der Waals surface area contributed by atoms with E-state index in [4.69, 9.17) is 4.74 Å². The Bertz CT molecular complexity index is 1700. The highest BCUT2D eigenvalue weighted by atomic mass is 32.1. The topological polar surface area (TPSA) is 116 Å². The van der Waals surface area contributed by atoms with Crippen molar-refractivity contribution in [2.45, 2.75) is 19.4 Å². The SMILES string of the molecule is CNCC=CC(=O)N1CCC(NC(=O)c2sc3nccc4c3c2NC(=O)N4c2ccc(Oc3ccccc3)cc2C)C1. The number of anilines is 3. The zero-order valence-corrected chi connectivity index (χ0v) is 24.0. The molecule has 4 amide bonds. The second kappa shape index (κ2) is 11.6. The Balaban J connectivity index is 1.23. The van der Waals surface area contributed by atoms with Gasteiger partial charge in [0.15, 0.2) is 0 Å². The van der Waals surface area contributed by atoms with Crippen LogP contribution in [0.3, 0.4) is 0 Å². The lowest BCUT2D eigenvalue weighted by atomic mass is 10.1. The predicted octanol–water partition coefficient (Wildman–Crippen LogP) is 5.19. The number of nitrogens with zero attached hydrogens (tertiary/aromatic N) is 3. The highest BCUT2D eigenvalue weighted by Gasteiger charge is 2.34. The van der Waals surface area contributed by atoms with Gasteiger partial charge < -0.3 is 25.6 Å². The number of hydrogen-bond acceptors (Lipinski definition) is 7. The van der Waals surface area contributed by atoms with E-state index in [1.54, 1.807) is 34.2 Å². The Morgan fingerprint density at radius 3 is 2.76 bits per heavy atom. The summed E-state index contributed by atoms with van der Waals surface area (Å²) >= 11 is 1.24. The monoisotopic (exact) mass is 582 g/mol. The minimum Gasteiger partial charge on any atom is -0.457 e. The summed E-state index contributed by atoms with van der Waals surface area (Å²) in [6.07, 6.45) is 5.64. The molecule has 0 radical (unpaired) electrons. The summed E-state index contributed by atoms with van der Waals surface area (Å²) in [4.78, 5) is 48.3. The lowest BCUT2D eigenvalue weighted by Crippen LogP contribution is -2.39. The molecule has 2 aromatic carbocycles. The van der Waals surface area contributed by atoms with Gasteiger partial charge in [-0.1, -0.05) is 24.3 Å². The van der Waals surface area contributed by atoms with Crippen LogP contribution in [0.5, 0.6) is 11.5 Å². The zero-order valence-electron chi connectivity index (χ0n) is 23.2. The van der Waals surface area contributed by atoms with E-state index < -0.39 is 0 Å². The van der Waals surface area contributed by atoms with Crippen LogP contribution in [0.25, 0.3) is 10.2 Å². The van der Waals surface area contributed by atoms with E-state index in [1.807, 2.05) is 62.5 Å². The summed E-state index contributed by atoms with van der Waals surface area (Å²) < 4.78 is 5.97. The van der Waals surface area contributed by atoms with Crippen LogP contribution in [0.4, 0.5) is 21.9 Å². The van der Waals surface area contributed by atoms with E-state index in [0.29, 0.717) is 64.0 Å².